The molecule has 3 rings (SSSR count). The maximum absolute atomic E-state index is 12.0. The molecular formula is C14H14N6O. The van der Waals surface area contributed by atoms with Crippen molar-refractivity contribution in [2.45, 2.75) is 19.9 Å². The molecule has 0 aromatic carbocycles. The molecule has 0 aliphatic heterocycles. The first-order valence-corrected chi connectivity index (χ1v) is 6.56. The molecule has 0 radical (unpaired) electrons. The van der Waals surface area contributed by atoms with E-state index in [1.165, 1.54) is 18.6 Å². The molecule has 0 aliphatic rings. The molecule has 0 saturated heterocycles. The Morgan fingerprint density at radius 1 is 1.19 bits per heavy atom. The third kappa shape index (κ3) is 2.58. The SMILES string of the molecule is CC(C)n1ncc2cc(NC(=O)c3cnccn3)cnc21. The summed E-state index contributed by atoms with van der Waals surface area (Å²) in [4.78, 5) is 24.2. The van der Waals surface area contributed by atoms with Crippen LogP contribution in [-0.4, -0.2) is 30.6 Å². The van der Waals surface area contributed by atoms with E-state index in [4.69, 9.17) is 0 Å². The smallest absolute Gasteiger partial charge is 0.275 e. The van der Waals surface area contributed by atoms with Crippen molar-refractivity contribution in [2.24, 2.45) is 0 Å². The van der Waals surface area contributed by atoms with Crippen LogP contribution in [0.3, 0.4) is 0 Å². The molecule has 1 amide bonds. The Morgan fingerprint density at radius 2 is 2.05 bits per heavy atom. The zero-order valence-corrected chi connectivity index (χ0v) is 11.7. The van der Waals surface area contributed by atoms with E-state index in [0.717, 1.165) is 11.0 Å². The minimum absolute atomic E-state index is 0.232. The fourth-order valence-corrected chi connectivity index (χ4v) is 2.00. The number of rotatable bonds is 3. The molecule has 7 heteroatoms. The number of fused-ring (bicyclic) bond motifs is 1. The van der Waals surface area contributed by atoms with Crippen LogP contribution in [0.2, 0.25) is 0 Å². The van der Waals surface area contributed by atoms with Crippen LogP contribution in [0.1, 0.15) is 30.4 Å². The predicted octanol–water partition coefficient (Wildman–Crippen LogP) is 2.05. The summed E-state index contributed by atoms with van der Waals surface area (Å²) in [5.41, 5.74) is 1.65. The molecule has 0 aliphatic carbocycles. The summed E-state index contributed by atoms with van der Waals surface area (Å²) in [6, 6.07) is 2.07. The molecule has 0 unspecified atom stereocenters. The maximum Gasteiger partial charge on any atom is 0.275 e. The largest absolute Gasteiger partial charge is 0.319 e. The summed E-state index contributed by atoms with van der Waals surface area (Å²) in [6.45, 7) is 4.08. The van der Waals surface area contributed by atoms with Crippen LogP contribution in [0, 0.1) is 0 Å². The molecule has 3 heterocycles. The molecule has 7 nitrogen and oxygen atoms in total. The zero-order chi connectivity index (χ0) is 14.8. The van der Waals surface area contributed by atoms with Crippen molar-refractivity contribution < 1.29 is 4.79 Å². The second kappa shape index (κ2) is 5.28. The molecule has 1 N–H and O–H groups in total. The number of amides is 1. The Morgan fingerprint density at radius 3 is 2.76 bits per heavy atom. The summed E-state index contributed by atoms with van der Waals surface area (Å²) < 4.78 is 1.84. The molecule has 0 fully saturated rings. The number of anilines is 1. The minimum atomic E-state index is -0.319. The van der Waals surface area contributed by atoms with Crippen molar-refractivity contribution in [3.8, 4) is 0 Å². The Hall–Kier alpha value is -2.83. The Labute approximate surface area is 121 Å². The van der Waals surface area contributed by atoms with E-state index in [1.54, 1.807) is 12.4 Å². The summed E-state index contributed by atoms with van der Waals surface area (Å²) in [7, 11) is 0. The van der Waals surface area contributed by atoms with Gasteiger partial charge in [-0.15, -0.1) is 0 Å². The molecule has 106 valence electrons. The summed E-state index contributed by atoms with van der Waals surface area (Å²) >= 11 is 0. The van der Waals surface area contributed by atoms with E-state index in [9.17, 15) is 4.79 Å². The highest BCUT2D eigenvalue weighted by Crippen LogP contribution is 2.19. The van der Waals surface area contributed by atoms with E-state index in [0.29, 0.717) is 5.69 Å². The number of carbonyl (C=O) groups excluding carboxylic acids is 1. The van der Waals surface area contributed by atoms with Gasteiger partial charge in [0.2, 0.25) is 0 Å². The quantitative estimate of drug-likeness (QED) is 0.794. The highest BCUT2D eigenvalue weighted by molar-refractivity contribution is 6.03. The number of nitrogens with one attached hydrogen (secondary N) is 1. The normalized spacial score (nSPS) is 11.0. The van der Waals surface area contributed by atoms with Gasteiger partial charge >= 0.3 is 0 Å². The van der Waals surface area contributed by atoms with Gasteiger partial charge in [-0.1, -0.05) is 0 Å². The molecule has 0 spiro atoms. The third-order valence-electron chi connectivity index (χ3n) is 2.98. The van der Waals surface area contributed by atoms with Crippen molar-refractivity contribution in [2.75, 3.05) is 5.32 Å². The average molecular weight is 282 g/mol. The standard InChI is InChI=1S/C14H14N6O/c1-9(2)20-13-10(6-18-20)5-11(7-17-13)19-14(21)12-8-15-3-4-16-12/h3-9H,1-2H3,(H,19,21). The molecular weight excluding hydrogens is 268 g/mol. The van der Waals surface area contributed by atoms with Crippen molar-refractivity contribution in [3.63, 3.8) is 0 Å². The van der Waals surface area contributed by atoms with Crippen LogP contribution in [-0.2, 0) is 0 Å². The maximum atomic E-state index is 12.0. The van der Waals surface area contributed by atoms with Gasteiger partial charge < -0.3 is 5.32 Å². The zero-order valence-electron chi connectivity index (χ0n) is 11.7. The number of nitrogens with zero attached hydrogens (tertiary/aromatic N) is 5. The van der Waals surface area contributed by atoms with Crippen molar-refractivity contribution >= 4 is 22.6 Å². The van der Waals surface area contributed by atoms with Gasteiger partial charge in [-0.25, -0.2) is 14.6 Å². The van der Waals surface area contributed by atoms with Gasteiger partial charge in [0, 0.05) is 23.8 Å². The van der Waals surface area contributed by atoms with Gasteiger partial charge in [0.1, 0.15) is 5.69 Å². The molecule has 0 bridgehead atoms. The molecule has 3 aromatic heterocycles. The van der Waals surface area contributed by atoms with Crippen LogP contribution in [0.4, 0.5) is 5.69 Å². The lowest BCUT2D eigenvalue weighted by Crippen LogP contribution is -2.14. The number of hydrogen-bond acceptors (Lipinski definition) is 5. The summed E-state index contributed by atoms with van der Waals surface area (Å²) in [5, 5.41) is 7.92. The number of carbonyl (C=O) groups is 1. The predicted molar refractivity (Wildman–Crippen MR) is 77.9 cm³/mol. The molecule has 0 atom stereocenters. The first-order chi connectivity index (χ1) is 10.1. The number of pyridine rings is 1. The van der Waals surface area contributed by atoms with Gasteiger partial charge in [-0.05, 0) is 19.9 Å². The Kier molecular flexibility index (Phi) is 3.31. The van der Waals surface area contributed by atoms with Crippen LogP contribution < -0.4 is 5.32 Å². The van der Waals surface area contributed by atoms with E-state index >= 15 is 0 Å². The number of hydrogen-bond donors (Lipinski definition) is 1. The van der Waals surface area contributed by atoms with E-state index in [-0.39, 0.29) is 17.6 Å². The highest BCUT2D eigenvalue weighted by atomic mass is 16.1. The Bertz CT molecular complexity index is 781. The van der Waals surface area contributed by atoms with Crippen molar-refractivity contribution in [1.82, 2.24) is 24.7 Å². The molecule has 21 heavy (non-hydrogen) atoms. The van der Waals surface area contributed by atoms with E-state index < -0.39 is 0 Å². The van der Waals surface area contributed by atoms with Crippen LogP contribution in [0.25, 0.3) is 11.0 Å². The average Bonchev–Trinajstić information content (AvgIpc) is 2.91. The van der Waals surface area contributed by atoms with Crippen LogP contribution in [0.5, 0.6) is 0 Å². The summed E-state index contributed by atoms with van der Waals surface area (Å²) in [5.74, 6) is -0.319. The fourth-order valence-electron chi connectivity index (χ4n) is 2.00. The number of aromatic nitrogens is 5. The van der Waals surface area contributed by atoms with Gasteiger partial charge in [0.15, 0.2) is 5.65 Å². The lowest BCUT2D eigenvalue weighted by Gasteiger charge is -2.07. The second-order valence-corrected chi connectivity index (χ2v) is 4.86. The minimum Gasteiger partial charge on any atom is -0.319 e. The van der Waals surface area contributed by atoms with Crippen molar-refractivity contribution in [1.29, 1.82) is 0 Å². The first-order valence-electron chi connectivity index (χ1n) is 6.56. The lowest BCUT2D eigenvalue weighted by molar-refractivity contribution is 0.102. The molecule has 0 saturated carbocycles. The topological polar surface area (TPSA) is 85.6 Å². The van der Waals surface area contributed by atoms with Crippen LogP contribution in [0.15, 0.2) is 37.1 Å². The lowest BCUT2D eigenvalue weighted by atomic mass is 10.3. The van der Waals surface area contributed by atoms with Crippen molar-refractivity contribution in [3.05, 3.63) is 42.7 Å². The monoisotopic (exact) mass is 282 g/mol. The molecule has 3 aromatic rings. The van der Waals surface area contributed by atoms with Crippen LogP contribution >= 0.6 is 0 Å². The highest BCUT2D eigenvalue weighted by Gasteiger charge is 2.11. The second-order valence-electron chi connectivity index (χ2n) is 4.86. The first kappa shape index (κ1) is 13.2. The van der Waals surface area contributed by atoms with Gasteiger partial charge in [-0.3, -0.25) is 9.78 Å². The fraction of sp³-hybridized carbons (Fsp3) is 0.214. The van der Waals surface area contributed by atoms with E-state index in [1.807, 2.05) is 24.6 Å². The van der Waals surface area contributed by atoms with E-state index in [2.05, 4.69) is 25.4 Å². The third-order valence-corrected chi connectivity index (χ3v) is 2.98. The van der Waals surface area contributed by atoms with Gasteiger partial charge in [-0.2, -0.15) is 5.10 Å². The summed E-state index contributed by atoms with van der Waals surface area (Å²) in [6.07, 6.45) is 7.75. The van der Waals surface area contributed by atoms with Gasteiger partial charge in [0.25, 0.3) is 5.91 Å². The van der Waals surface area contributed by atoms with Gasteiger partial charge in [0.05, 0.1) is 24.3 Å². The Balaban J connectivity index is 1.87.